The van der Waals surface area contributed by atoms with E-state index < -0.39 is 6.29 Å². The molecule has 0 saturated carbocycles. The molecule has 2 aromatic carbocycles. The molecule has 2 aliphatic rings. The molecule has 1 atom stereocenters. The van der Waals surface area contributed by atoms with Gasteiger partial charge in [0.05, 0.1) is 12.2 Å². The lowest BCUT2D eigenvalue weighted by Gasteiger charge is -2.28. The SMILES string of the molecule is O=C1C2=C(C(=O)c3cc4ccccc4cc31)C(O)OCC2. The summed E-state index contributed by atoms with van der Waals surface area (Å²) in [6.45, 7) is 0.252. The zero-order valence-electron chi connectivity index (χ0n) is 11.1. The van der Waals surface area contributed by atoms with Crippen molar-refractivity contribution in [1.82, 2.24) is 0 Å². The van der Waals surface area contributed by atoms with Crippen molar-refractivity contribution in [2.45, 2.75) is 12.7 Å². The van der Waals surface area contributed by atoms with Crippen LogP contribution in [-0.4, -0.2) is 29.6 Å². The van der Waals surface area contributed by atoms with Gasteiger partial charge in [-0.2, -0.15) is 0 Å². The quantitative estimate of drug-likeness (QED) is 0.804. The molecule has 0 aromatic heterocycles. The van der Waals surface area contributed by atoms with Gasteiger partial charge in [0.25, 0.3) is 0 Å². The highest BCUT2D eigenvalue weighted by molar-refractivity contribution is 6.28. The smallest absolute Gasteiger partial charge is 0.195 e. The molecule has 0 bridgehead atoms. The van der Waals surface area contributed by atoms with Gasteiger partial charge in [0.2, 0.25) is 0 Å². The normalized spacial score (nSPS) is 21.5. The average molecular weight is 280 g/mol. The van der Waals surface area contributed by atoms with Crippen molar-refractivity contribution >= 4 is 22.3 Å². The van der Waals surface area contributed by atoms with E-state index in [4.69, 9.17) is 4.74 Å². The van der Waals surface area contributed by atoms with Crippen LogP contribution in [-0.2, 0) is 4.74 Å². The van der Waals surface area contributed by atoms with E-state index in [1.165, 1.54) is 0 Å². The molecule has 4 nitrogen and oxygen atoms in total. The molecular formula is C17H12O4. The number of hydrogen-bond acceptors (Lipinski definition) is 4. The molecule has 0 saturated heterocycles. The summed E-state index contributed by atoms with van der Waals surface area (Å²) in [6.07, 6.45) is -0.937. The topological polar surface area (TPSA) is 63.6 Å². The number of hydrogen-bond donors (Lipinski definition) is 1. The Bertz CT molecular complexity index is 832. The summed E-state index contributed by atoms with van der Waals surface area (Å²) < 4.78 is 5.09. The van der Waals surface area contributed by atoms with Gasteiger partial charge in [0.15, 0.2) is 17.9 Å². The van der Waals surface area contributed by atoms with Gasteiger partial charge in [-0.25, -0.2) is 0 Å². The Morgan fingerprint density at radius 2 is 1.62 bits per heavy atom. The predicted octanol–water partition coefficient (Wildman–Crippen LogP) is 2.25. The van der Waals surface area contributed by atoms with Crippen molar-refractivity contribution in [2.24, 2.45) is 0 Å². The summed E-state index contributed by atoms with van der Waals surface area (Å²) in [4.78, 5) is 25.2. The van der Waals surface area contributed by atoms with Gasteiger partial charge in [0, 0.05) is 23.1 Å². The second-order valence-electron chi connectivity index (χ2n) is 5.27. The van der Waals surface area contributed by atoms with Crippen LogP contribution in [0.25, 0.3) is 10.8 Å². The summed E-state index contributed by atoms with van der Waals surface area (Å²) in [6, 6.07) is 11.1. The number of ketones is 2. The lowest BCUT2D eigenvalue weighted by Crippen LogP contribution is -2.34. The highest BCUT2D eigenvalue weighted by Gasteiger charge is 2.38. The van der Waals surface area contributed by atoms with Gasteiger partial charge >= 0.3 is 0 Å². The first-order valence-electron chi connectivity index (χ1n) is 6.82. The number of carbonyl (C=O) groups is 2. The third-order valence-corrected chi connectivity index (χ3v) is 4.09. The van der Waals surface area contributed by atoms with Crippen molar-refractivity contribution in [3.8, 4) is 0 Å². The molecule has 0 amide bonds. The number of aliphatic hydroxyl groups excluding tert-OH is 1. The van der Waals surface area contributed by atoms with E-state index in [0.717, 1.165) is 10.8 Å². The van der Waals surface area contributed by atoms with Gasteiger partial charge < -0.3 is 9.84 Å². The average Bonchev–Trinajstić information content (AvgIpc) is 2.51. The van der Waals surface area contributed by atoms with Gasteiger partial charge in [-0.15, -0.1) is 0 Å². The van der Waals surface area contributed by atoms with Crippen molar-refractivity contribution in [2.75, 3.05) is 6.61 Å². The maximum Gasteiger partial charge on any atom is 0.195 e. The third-order valence-electron chi connectivity index (χ3n) is 4.09. The van der Waals surface area contributed by atoms with Crippen molar-refractivity contribution in [3.05, 3.63) is 58.7 Å². The van der Waals surface area contributed by atoms with Crippen LogP contribution in [0.4, 0.5) is 0 Å². The number of fused-ring (bicyclic) bond motifs is 2. The summed E-state index contributed by atoms with van der Waals surface area (Å²) in [5.41, 5.74) is 1.27. The van der Waals surface area contributed by atoms with Crippen LogP contribution in [0.3, 0.4) is 0 Å². The number of carbonyl (C=O) groups excluding carboxylic acids is 2. The third kappa shape index (κ3) is 1.70. The zero-order chi connectivity index (χ0) is 14.6. The van der Waals surface area contributed by atoms with E-state index in [9.17, 15) is 14.7 Å². The minimum atomic E-state index is -1.30. The van der Waals surface area contributed by atoms with Crippen LogP contribution in [0.5, 0.6) is 0 Å². The molecule has 1 unspecified atom stereocenters. The largest absolute Gasteiger partial charge is 0.364 e. The maximum atomic E-state index is 12.6. The molecule has 0 fully saturated rings. The fraction of sp³-hybridized carbons (Fsp3) is 0.176. The maximum absolute atomic E-state index is 12.6. The molecule has 4 rings (SSSR count). The van der Waals surface area contributed by atoms with Crippen LogP contribution >= 0.6 is 0 Å². The Morgan fingerprint density at radius 3 is 2.29 bits per heavy atom. The van der Waals surface area contributed by atoms with E-state index in [0.29, 0.717) is 23.1 Å². The molecule has 1 heterocycles. The Balaban J connectivity index is 2.00. The van der Waals surface area contributed by atoms with Crippen LogP contribution in [0, 0.1) is 0 Å². The summed E-state index contributed by atoms with van der Waals surface area (Å²) >= 11 is 0. The van der Waals surface area contributed by atoms with E-state index in [1.807, 2.05) is 24.3 Å². The number of ether oxygens (including phenoxy) is 1. The molecule has 1 N–H and O–H groups in total. The zero-order valence-corrected chi connectivity index (χ0v) is 11.1. The van der Waals surface area contributed by atoms with Gasteiger partial charge in [-0.3, -0.25) is 9.59 Å². The molecular weight excluding hydrogens is 268 g/mol. The van der Waals surface area contributed by atoms with E-state index >= 15 is 0 Å². The number of aliphatic hydroxyl groups is 1. The molecule has 0 radical (unpaired) electrons. The minimum Gasteiger partial charge on any atom is -0.364 e. The standard InChI is InChI=1S/C17H12O4/c18-15-11-5-6-21-17(20)14(11)16(19)13-8-10-4-2-1-3-9(10)7-12(13)15/h1-4,7-8,17,20H,5-6H2. The highest BCUT2D eigenvalue weighted by atomic mass is 16.6. The first-order valence-corrected chi connectivity index (χ1v) is 6.82. The Morgan fingerprint density at radius 1 is 1.00 bits per heavy atom. The number of rotatable bonds is 0. The van der Waals surface area contributed by atoms with Gasteiger partial charge in [0.1, 0.15) is 0 Å². The Kier molecular flexibility index (Phi) is 2.58. The molecule has 1 aliphatic heterocycles. The van der Waals surface area contributed by atoms with Crippen LogP contribution in [0.15, 0.2) is 47.5 Å². The molecule has 1 aliphatic carbocycles. The molecule has 0 spiro atoms. The van der Waals surface area contributed by atoms with Gasteiger partial charge in [-0.1, -0.05) is 24.3 Å². The van der Waals surface area contributed by atoms with Crippen molar-refractivity contribution in [3.63, 3.8) is 0 Å². The number of benzene rings is 2. The second-order valence-corrected chi connectivity index (χ2v) is 5.27. The molecule has 2 aromatic rings. The van der Waals surface area contributed by atoms with E-state index in [1.54, 1.807) is 12.1 Å². The lowest BCUT2D eigenvalue weighted by atomic mass is 9.80. The van der Waals surface area contributed by atoms with Crippen LogP contribution in [0.2, 0.25) is 0 Å². The van der Waals surface area contributed by atoms with Crippen LogP contribution in [0.1, 0.15) is 27.1 Å². The second kappa shape index (κ2) is 4.35. The summed E-state index contributed by atoms with van der Waals surface area (Å²) in [7, 11) is 0. The first-order chi connectivity index (χ1) is 10.2. The first kappa shape index (κ1) is 12.4. The summed E-state index contributed by atoms with van der Waals surface area (Å²) in [5, 5.41) is 11.7. The monoisotopic (exact) mass is 280 g/mol. The van der Waals surface area contributed by atoms with Gasteiger partial charge in [-0.05, 0) is 22.9 Å². The van der Waals surface area contributed by atoms with Crippen molar-refractivity contribution < 1.29 is 19.4 Å². The number of Topliss-reactive ketones (excluding diaryl/α,β-unsaturated/α-hetero) is 2. The van der Waals surface area contributed by atoms with Crippen LogP contribution < -0.4 is 0 Å². The minimum absolute atomic E-state index is 0.106. The fourth-order valence-corrected chi connectivity index (χ4v) is 3.05. The highest BCUT2D eigenvalue weighted by Crippen LogP contribution is 2.34. The fourth-order valence-electron chi connectivity index (χ4n) is 3.05. The molecule has 4 heteroatoms. The summed E-state index contributed by atoms with van der Waals surface area (Å²) in [5.74, 6) is -0.481. The lowest BCUT2D eigenvalue weighted by molar-refractivity contribution is -0.0774. The molecule has 104 valence electrons. The Hall–Kier alpha value is -2.30. The van der Waals surface area contributed by atoms with E-state index in [-0.39, 0.29) is 23.7 Å². The molecule has 21 heavy (non-hydrogen) atoms. The van der Waals surface area contributed by atoms with Crippen molar-refractivity contribution in [1.29, 1.82) is 0 Å². The Labute approximate surface area is 120 Å². The predicted molar refractivity (Wildman–Crippen MR) is 76.2 cm³/mol. The van der Waals surface area contributed by atoms with E-state index in [2.05, 4.69) is 0 Å².